The van der Waals surface area contributed by atoms with Crippen LogP contribution in [0.3, 0.4) is 0 Å². The van der Waals surface area contributed by atoms with Crippen LogP contribution in [-0.2, 0) is 22.4 Å². The molecule has 0 bridgehead atoms. The van der Waals surface area contributed by atoms with Gasteiger partial charge in [-0.1, -0.05) is 72.8 Å². The van der Waals surface area contributed by atoms with Crippen LogP contribution in [0, 0.1) is 0 Å². The average molecular weight is 491 g/mol. The van der Waals surface area contributed by atoms with E-state index in [0.717, 1.165) is 28.9 Å². The third-order valence-electron chi connectivity index (χ3n) is 5.84. The number of methoxy groups -OCH3 is 1. The van der Waals surface area contributed by atoms with Crippen molar-refractivity contribution < 1.29 is 23.8 Å². The number of furan rings is 1. The predicted octanol–water partition coefficient (Wildman–Crippen LogP) is 5.97. The summed E-state index contributed by atoms with van der Waals surface area (Å²) in [6.45, 7) is -0.0790. The summed E-state index contributed by atoms with van der Waals surface area (Å²) in [7, 11) is 1.33. The van der Waals surface area contributed by atoms with Crippen molar-refractivity contribution in [2.75, 3.05) is 26.1 Å². The first-order valence-corrected chi connectivity index (χ1v) is 12.8. The standard InChI is InChI=1S/C29H30O5S/c1-32-27(31)20-33-26-15-8-14-24-23(25(16-9-18-30)34-28(24)26)17-19-35-29(21-10-4-2-5-11-21)22-12-6-3-7-13-22/h2-8,10-15,29-30H,9,16-20H2,1H3. The topological polar surface area (TPSA) is 68.9 Å². The maximum atomic E-state index is 11.6. The number of fused-ring (bicyclic) bond motifs is 1. The van der Waals surface area contributed by atoms with Crippen molar-refractivity contribution in [3.63, 3.8) is 0 Å². The molecular formula is C29H30O5S. The third-order valence-corrected chi connectivity index (χ3v) is 7.16. The SMILES string of the molecule is COC(=O)COc1cccc2c(CCSC(c3ccccc3)c3ccccc3)c(CCCO)oc12. The van der Waals surface area contributed by atoms with Gasteiger partial charge < -0.3 is 19.0 Å². The molecular weight excluding hydrogens is 460 g/mol. The molecule has 4 aromatic rings. The molecule has 1 heterocycles. The second-order valence-corrected chi connectivity index (χ2v) is 9.36. The Labute approximate surface area is 210 Å². The van der Waals surface area contributed by atoms with Gasteiger partial charge in [0.25, 0.3) is 0 Å². The minimum Gasteiger partial charge on any atom is -0.478 e. The Morgan fingerprint density at radius 2 is 1.63 bits per heavy atom. The average Bonchev–Trinajstić information content (AvgIpc) is 3.27. The zero-order chi connectivity index (χ0) is 24.5. The lowest BCUT2D eigenvalue weighted by Gasteiger charge is -2.18. The number of aliphatic hydroxyl groups is 1. The summed E-state index contributed by atoms with van der Waals surface area (Å²) in [4.78, 5) is 11.6. The van der Waals surface area contributed by atoms with Crippen LogP contribution in [0.1, 0.15) is 34.1 Å². The molecule has 0 fully saturated rings. The van der Waals surface area contributed by atoms with Gasteiger partial charge in [0.2, 0.25) is 0 Å². The lowest BCUT2D eigenvalue weighted by Crippen LogP contribution is -2.12. The Morgan fingerprint density at radius 3 is 2.26 bits per heavy atom. The number of aryl methyl sites for hydroxylation is 2. The van der Waals surface area contributed by atoms with Crippen molar-refractivity contribution in [1.29, 1.82) is 0 Å². The highest BCUT2D eigenvalue weighted by Gasteiger charge is 2.20. The lowest BCUT2D eigenvalue weighted by molar-refractivity contribution is -0.142. The highest BCUT2D eigenvalue weighted by molar-refractivity contribution is 7.99. The molecule has 0 saturated heterocycles. The van der Waals surface area contributed by atoms with Crippen LogP contribution in [0.25, 0.3) is 11.0 Å². The summed E-state index contributed by atoms with van der Waals surface area (Å²) >= 11 is 1.90. The minimum absolute atomic E-state index is 0.0982. The van der Waals surface area contributed by atoms with Crippen molar-refractivity contribution in [3.05, 3.63) is 101 Å². The summed E-state index contributed by atoms with van der Waals surface area (Å²) in [5, 5.41) is 10.6. The van der Waals surface area contributed by atoms with Crippen LogP contribution in [0.4, 0.5) is 0 Å². The number of esters is 1. The number of carbonyl (C=O) groups is 1. The van der Waals surface area contributed by atoms with Gasteiger partial charge in [-0.15, -0.1) is 11.8 Å². The van der Waals surface area contributed by atoms with E-state index in [1.165, 1.54) is 18.2 Å². The van der Waals surface area contributed by atoms with E-state index in [4.69, 9.17) is 9.15 Å². The molecule has 35 heavy (non-hydrogen) atoms. The molecule has 0 saturated carbocycles. The second kappa shape index (κ2) is 12.5. The second-order valence-electron chi connectivity index (χ2n) is 8.15. The quantitative estimate of drug-likeness (QED) is 0.247. The highest BCUT2D eigenvalue weighted by Crippen LogP contribution is 2.38. The number of benzene rings is 3. The minimum atomic E-state index is -0.446. The summed E-state index contributed by atoms with van der Waals surface area (Å²) < 4.78 is 16.6. The molecule has 0 atom stereocenters. The van der Waals surface area contributed by atoms with Crippen molar-refractivity contribution in [2.24, 2.45) is 0 Å². The summed E-state index contributed by atoms with van der Waals surface area (Å²) in [6, 6.07) is 26.8. The number of carbonyl (C=O) groups excluding carboxylic acids is 1. The van der Waals surface area contributed by atoms with Gasteiger partial charge in [-0.25, -0.2) is 4.79 Å². The summed E-state index contributed by atoms with van der Waals surface area (Å²) in [6.07, 6.45) is 2.08. The predicted molar refractivity (Wildman–Crippen MR) is 140 cm³/mol. The molecule has 0 aliphatic rings. The molecule has 182 valence electrons. The van der Waals surface area contributed by atoms with Gasteiger partial charge in [0.15, 0.2) is 17.9 Å². The number of para-hydroxylation sites is 1. The first-order valence-electron chi connectivity index (χ1n) is 11.8. The van der Waals surface area contributed by atoms with Gasteiger partial charge >= 0.3 is 5.97 Å². The van der Waals surface area contributed by atoms with Gasteiger partial charge in [-0.3, -0.25) is 0 Å². The van der Waals surface area contributed by atoms with E-state index in [9.17, 15) is 9.90 Å². The van der Waals surface area contributed by atoms with Crippen molar-refractivity contribution in [3.8, 4) is 5.75 Å². The first kappa shape index (κ1) is 24.9. The molecule has 0 amide bonds. The third kappa shape index (κ3) is 6.27. The van der Waals surface area contributed by atoms with E-state index >= 15 is 0 Å². The Bertz CT molecular complexity index is 1180. The number of thioether (sulfide) groups is 1. The van der Waals surface area contributed by atoms with Crippen LogP contribution in [-0.4, -0.2) is 37.2 Å². The van der Waals surface area contributed by atoms with Gasteiger partial charge in [0, 0.05) is 24.0 Å². The van der Waals surface area contributed by atoms with Crippen molar-refractivity contribution >= 4 is 28.7 Å². The Morgan fingerprint density at radius 1 is 0.943 bits per heavy atom. The van der Waals surface area contributed by atoms with Crippen LogP contribution < -0.4 is 4.74 Å². The largest absolute Gasteiger partial charge is 0.478 e. The van der Waals surface area contributed by atoms with Crippen LogP contribution in [0.15, 0.2) is 83.3 Å². The fourth-order valence-corrected chi connectivity index (χ4v) is 5.39. The van der Waals surface area contributed by atoms with Gasteiger partial charge in [-0.05, 0) is 35.8 Å². The van der Waals surface area contributed by atoms with E-state index in [2.05, 4.69) is 53.3 Å². The molecule has 0 unspecified atom stereocenters. The van der Waals surface area contributed by atoms with Crippen LogP contribution in [0.5, 0.6) is 5.75 Å². The van der Waals surface area contributed by atoms with Crippen LogP contribution in [0.2, 0.25) is 0 Å². The van der Waals surface area contributed by atoms with Gasteiger partial charge in [-0.2, -0.15) is 0 Å². The van der Waals surface area contributed by atoms with Crippen molar-refractivity contribution in [2.45, 2.75) is 24.5 Å². The van der Waals surface area contributed by atoms with E-state index < -0.39 is 5.97 Å². The molecule has 6 heteroatoms. The number of hydrogen-bond donors (Lipinski definition) is 1. The van der Waals surface area contributed by atoms with Crippen LogP contribution >= 0.6 is 11.8 Å². The molecule has 0 spiro atoms. The molecule has 1 aromatic heterocycles. The maximum absolute atomic E-state index is 11.6. The number of hydrogen-bond acceptors (Lipinski definition) is 6. The van der Waals surface area contributed by atoms with E-state index in [0.29, 0.717) is 24.2 Å². The van der Waals surface area contributed by atoms with Gasteiger partial charge in [0.1, 0.15) is 5.76 Å². The molecule has 1 N–H and O–H groups in total. The first-order chi connectivity index (χ1) is 17.2. The molecule has 0 aliphatic carbocycles. The van der Waals surface area contributed by atoms with Crippen molar-refractivity contribution in [1.82, 2.24) is 0 Å². The van der Waals surface area contributed by atoms with E-state index in [-0.39, 0.29) is 18.5 Å². The molecule has 0 radical (unpaired) electrons. The Balaban J connectivity index is 1.58. The Hall–Kier alpha value is -3.22. The van der Waals surface area contributed by atoms with E-state index in [1.807, 2.05) is 36.0 Å². The number of aliphatic hydroxyl groups excluding tert-OH is 1. The molecule has 0 aliphatic heterocycles. The highest BCUT2D eigenvalue weighted by atomic mass is 32.2. The number of rotatable bonds is 12. The van der Waals surface area contributed by atoms with E-state index in [1.54, 1.807) is 6.07 Å². The van der Waals surface area contributed by atoms with Gasteiger partial charge in [0.05, 0.1) is 12.4 Å². The Kier molecular flexibility index (Phi) is 8.87. The maximum Gasteiger partial charge on any atom is 0.343 e. The zero-order valence-electron chi connectivity index (χ0n) is 19.8. The summed E-state index contributed by atoms with van der Waals surface area (Å²) in [5.74, 6) is 1.82. The monoisotopic (exact) mass is 490 g/mol. The zero-order valence-corrected chi connectivity index (χ0v) is 20.6. The smallest absolute Gasteiger partial charge is 0.343 e. The summed E-state index contributed by atoms with van der Waals surface area (Å²) in [5.41, 5.74) is 4.32. The molecule has 4 rings (SSSR count). The molecule has 5 nitrogen and oxygen atoms in total. The number of ether oxygens (including phenoxy) is 2. The molecule has 3 aromatic carbocycles. The fraction of sp³-hybridized carbons (Fsp3) is 0.276. The lowest BCUT2D eigenvalue weighted by atomic mass is 10.0. The fourth-order valence-electron chi connectivity index (χ4n) is 4.14. The normalized spacial score (nSPS) is 11.2.